The molecule has 1 amide bonds. The number of anilines is 1. The Morgan fingerprint density at radius 2 is 2.13 bits per heavy atom. The number of fused-ring (bicyclic) bond motifs is 1. The van der Waals surface area contributed by atoms with E-state index in [1.54, 1.807) is 24.3 Å². The number of rotatable bonds is 4. The van der Waals surface area contributed by atoms with Gasteiger partial charge in [0, 0.05) is 24.7 Å². The van der Waals surface area contributed by atoms with E-state index in [4.69, 9.17) is 16.7 Å². The van der Waals surface area contributed by atoms with Crippen LogP contribution in [0.25, 0.3) is 22.0 Å². The number of hydrogen-bond donors (Lipinski definition) is 3. The van der Waals surface area contributed by atoms with E-state index in [0.717, 1.165) is 0 Å². The molecule has 7 nitrogen and oxygen atoms in total. The number of carbonyl (C=O) groups is 2. The first kappa shape index (κ1) is 21.0. The van der Waals surface area contributed by atoms with Gasteiger partial charge in [0.2, 0.25) is 0 Å². The summed E-state index contributed by atoms with van der Waals surface area (Å²) >= 11 is 6.48. The summed E-state index contributed by atoms with van der Waals surface area (Å²) in [5.41, 5.74) is 2.34. The lowest BCUT2D eigenvalue weighted by molar-refractivity contribution is 0.108. The Balaban J connectivity index is 1.78. The van der Waals surface area contributed by atoms with Crippen molar-refractivity contribution in [3.8, 4) is 11.1 Å². The highest BCUT2D eigenvalue weighted by atomic mass is 35.5. The van der Waals surface area contributed by atoms with Crippen molar-refractivity contribution in [2.24, 2.45) is 0 Å². The lowest BCUT2D eigenvalue weighted by atomic mass is 9.97. The minimum atomic E-state index is -1.18. The number of aromatic nitrogens is 1. The van der Waals surface area contributed by atoms with Gasteiger partial charge in [0.15, 0.2) is 6.29 Å². The molecule has 0 saturated carbocycles. The van der Waals surface area contributed by atoms with E-state index >= 15 is 0 Å². The van der Waals surface area contributed by atoms with Gasteiger partial charge in [-0.1, -0.05) is 29.8 Å². The third kappa shape index (κ3) is 4.04. The van der Waals surface area contributed by atoms with Crippen molar-refractivity contribution >= 4 is 40.6 Å². The molecule has 1 fully saturated rings. The van der Waals surface area contributed by atoms with Crippen LogP contribution in [0.1, 0.15) is 16.8 Å². The first-order valence-corrected chi connectivity index (χ1v) is 10.0. The third-order valence-electron chi connectivity index (χ3n) is 5.48. The van der Waals surface area contributed by atoms with Crippen LogP contribution in [-0.2, 0) is 0 Å². The standard InChI is InChI=1S/C22H19ClFN3O4/c23-16-9-25-18-5-4-12(13-2-1-3-17(24)15(13)11-28)8-14(18)21(16)27-7-6-19(20(29)10-27)26-22(30)31/h1-5,8-9,11,19-20,26,29H,6-7,10H2,(H,30,31)/t19-,20+/m0/s1. The van der Waals surface area contributed by atoms with Gasteiger partial charge < -0.3 is 20.4 Å². The van der Waals surface area contributed by atoms with Gasteiger partial charge in [-0.2, -0.15) is 0 Å². The summed E-state index contributed by atoms with van der Waals surface area (Å²) < 4.78 is 14.1. The molecule has 0 bridgehead atoms. The van der Waals surface area contributed by atoms with Crippen molar-refractivity contribution < 1.29 is 24.2 Å². The SMILES string of the molecule is O=Cc1c(F)cccc1-c1ccc2ncc(Cl)c(N3CC[C@H](NC(=O)O)[C@H](O)C3)c2c1. The maximum absolute atomic E-state index is 14.1. The van der Waals surface area contributed by atoms with Crippen LogP contribution in [0.5, 0.6) is 0 Å². The summed E-state index contributed by atoms with van der Waals surface area (Å²) in [5.74, 6) is -0.604. The molecule has 9 heteroatoms. The molecule has 1 aliphatic rings. The van der Waals surface area contributed by atoms with Crippen LogP contribution >= 0.6 is 11.6 Å². The summed E-state index contributed by atoms with van der Waals surface area (Å²) in [6.45, 7) is 0.637. The van der Waals surface area contributed by atoms with E-state index in [1.807, 2.05) is 4.90 Å². The number of halogens is 2. The molecular formula is C22H19ClFN3O4. The molecule has 2 aromatic carbocycles. The normalized spacial score (nSPS) is 18.7. The number of carbonyl (C=O) groups excluding carboxylic acids is 1. The van der Waals surface area contributed by atoms with E-state index in [1.165, 1.54) is 18.3 Å². The maximum atomic E-state index is 14.1. The summed E-state index contributed by atoms with van der Waals surface area (Å²) in [6, 6.07) is 9.17. The molecule has 4 rings (SSSR count). The van der Waals surface area contributed by atoms with Crippen molar-refractivity contribution in [3.05, 3.63) is 59.0 Å². The minimum absolute atomic E-state index is 0.0330. The Morgan fingerprint density at radius 3 is 2.84 bits per heavy atom. The van der Waals surface area contributed by atoms with Crippen molar-refractivity contribution in [3.63, 3.8) is 0 Å². The largest absolute Gasteiger partial charge is 0.465 e. The number of β-amino-alcohol motifs (C(OH)–C–C–N with tert-alkyl or cyclic N) is 1. The highest BCUT2D eigenvalue weighted by Gasteiger charge is 2.30. The molecule has 0 radical (unpaired) electrons. The van der Waals surface area contributed by atoms with Crippen molar-refractivity contribution in [2.45, 2.75) is 18.6 Å². The van der Waals surface area contributed by atoms with Gasteiger partial charge in [-0.25, -0.2) is 9.18 Å². The van der Waals surface area contributed by atoms with Gasteiger partial charge in [-0.3, -0.25) is 9.78 Å². The molecule has 0 spiro atoms. The average molecular weight is 444 g/mol. The van der Waals surface area contributed by atoms with Gasteiger partial charge in [0.1, 0.15) is 5.82 Å². The van der Waals surface area contributed by atoms with E-state index in [0.29, 0.717) is 52.0 Å². The summed E-state index contributed by atoms with van der Waals surface area (Å²) in [6.07, 6.45) is 0.300. The van der Waals surface area contributed by atoms with Crippen LogP contribution < -0.4 is 10.2 Å². The van der Waals surface area contributed by atoms with Gasteiger partial charge in [-0.15, -0.1) is 0 Å². The van der Waals surface area contributed by atoms with Crippen LogP contribution in [0.2, 0.25) is 5.02 Å². The molecule has 1 saturated heterocycles. The zero-order valence-electron chi connectivity index (χ0n) is 16.3. The quantitative estimate of drug-likeness (QED) is 0.531. The van der Waals surface area contributed by atoms with Crippen LogP contribution in [0, 0.1) is 5.82 Å². The molecule has 3 aromatic rings. The smallest absolute Gasteiger partial charge is 0.404 e. The third-order valence-corrected chi connectivity index (χ3v) is 5.76. The molecule has 1 aromatic heterocycles. The van der Waals surface area contributed by atoms with E-state index in [2.05, 4.69) is 10.3 Å². The number of nitrogens with one attached hydrogen (secondary N) is 1. The number of benzene rings is 2. The second kappa shape index (κ2) is 8.49. The minimum Gasteiger partial charge on any atom is -0.465 e. The number of nitrogens with zero attached hydrogens (tertiary/aromatic N) is 2. The van der Waals surface area contributed by atoms with E-state index in [9.17, 15) is 19.1 Å². The summed E-state index contributed by atoms with van der Waals surface area (Å²) in [7, 11) is 0. The predicted molar refractivity (Wildman–Crippen MR) is 115 cm³/mol. The van der Waals surface area contributed by atoms with Gasteiger partial charge in [0.25, 0.3) is 0 Å². The van der Waals surface area contributed by atoms with Crippen molar-refractivity contribution in [1.29, 1.82) is 0 Å². The van der Waals surface area contributed by atoms with Crippen LogP contribution in [0.3, 0.4) is 0 Å². The molecule has 31 heavy (non-hydrogen) atoms. The second-order valence-electron chi connectivity index (χ2n) is 7.36. The number of carboxylic acid groups (broad SMARTS) is 1. The molecular weight excluding hydrogens is 425 g/mol. The lowest BCUT2D eigenvalue weighted by Crippen LogP contribution is -2.54. The Labute approximate surface area is 182 Å². The van der Waals surface area contributed by atoms with Crippen LogP contribution in [0.15, 0.2) is 42.6 Å². The first-order chi connectivity index (χ1) is 14.9. The van der Waals surface area contributed by atoms with Gasteiger partial charge in [0.05, 0.1) is 33.9 Å². The number of aliphatic hydroxyl groups is 1. The number of pyridine rings is 1. The van der Waals surface area contributed by atoms with Gasteiger partial charge >= 0.3 is 6.09 Å². The topological polar surface area (TPSA) is 103 Å². The van der Waals surface area contributed by atoms with Crippen LogP contribution in [-0.4, -0.2) is 52.8 Å². The van der Waals surface area contributed by atoms with Crippen molar-refractivity contribution in [2.75, 3.05) is 18.0 Å². The zero-order chi connectivity index (χ0) is 22.1. The Hall–Kier alpha value is -3.23. The fourth-order valence-corrected chi connectivity index (χ4v) is 4.28. The van der Waals surface area contributed by atoms with E-state index in [-0.39, 0.29) is 12.1 Å². The monoisotopic (exact) mass is 443 g/mol. The predicted octanol–water partition coefficient (Wildman–Crippen LogP) is 3.71. The highest BCUT2D eigenvalue weighted by Crippen LogP contribution is 2.37. The fourth-order valence-electron chi connectivity index (χ4n) is 4.01. The Morgan fingerprint density at radius 1 is 1.32 bits per heavy atom. The average Bonchev–Trinajstić information content (AvgIpc) is 2.74. The Kier molecular flexibility index (Phi) is 5.75. The van der Waals surface area contributed by atoms with Crippen LogP contribution in [0.4, 0.5) is 14.9 Å². The molecule has 0 unspecified atom stereocenters. The number of amides is 1. The summed E-state index contributed by atoms with van der Waals surface area (Å²) in [4.78, 5) is 28.6. The van der Waals surface area contributed by atoms with Crippen molar-refractivity contribution in [1.82, 2.24) is 10.3 Å². The fraction of sp³-hybridized carbons (Fsp3) is 0.227. The number of piperidine rings is 1. The summed E-state index contributed by atoms with van der Waals surface area (Å²) in [5, 5.41) is 22.8. The first-order valence-electron chi connectivity index (χ1n) is 9.64. The highest BCUT2D eigenvalue weighted by molar-refractivity contribution is 6.34. The molecule has 0 aliphatic carbocycles. The molecule has 3 N–H and O–H groups in total. The number of aldehydes is 1. The lowest BCUT2D eigenvalue weighted by Gasteiger charge is -2.37. The van der Waals surface area contributed by atoms with Gasteiger partial charge in [-0.05, 0) is 35.7 Å². The second-order valence-corrected chi connectivity index (χ2v) is 7.77. The maximum Gasteiger partial charge on any atom is 0.404 e. The molecule has 1 aliphatic heterocycles. The Bertz CT molecular complexity index is 1170. The van der Waals surface area contributed by atoms with E-state index < -0.39 is 24.1 Å². The molecule has 160 valence electrons. The number of aliphatic hydroxyl groups excluding tert-OH is 1. The molecule has 2 atom stereocenters. The number of hydrogen-bond acceptors (Lipinski definition) is 5. The zero-order valence-corrected chi connectivity index (χ0v) is 17.0. The molecule has 2 heterocycles.